The third kappa shape index (κ3) is 2.24. The van der Waals surface area contributed by atoms with Crippen LogP contribution in [-0.2, 0) is 0 Å². The van der Waals surface area contributed by atoms with Gasteiger partial charge in [0.25, 0.3) is 0 Å². The molecule has 0 aromatic carbocycles. The molecular weight excluding hydrogens is 174 g/mol. The van der Waals surface area contributed by atoms with Gasteiger partial charge in [-0.1, -0.05) is 0 Å². The third-order valence-corrected chi connectivity index (χ3v) is 1.32. The summed E-state index contributed by atoms with van der Waals surface area (Å²) in [6.07, 6.45) is 2.40. The molecule has 0 aliphatic heterocycles. The maximum Gasteiger partial charge on any atom is 0.338 e. The summed E-state index contributed by atoms with van der Waals surface area (Å²) in [5.74, 6) is -1.98. The minimum absolute atomic E-state index is 0. The molecule has 0 aliphatic rings. The first kappa shape index (κ1) is 11.1. The normalized spacial score (nSPS) is 8.62. The second-order valence-electron chi connectivity index (χ2n) is 2.09. The van der Waals surface area contributed by atoms with Crippen molar-refractivity contribution in [2.45, 2.75) is 0 Å². The van der Waals surface area contributed by atoms with Crippen molar-refractivity contribution in [2.24, 2.45) is 5.73 Å². The number of aromatic nitrogens is 1. The van der Waals surface area contributed by atoms with Crippen LogP contribution < -0.4 is 11.9 Å². The van der Waals surface area contributed by atoms with E-state index >= 15 is 0 Å². The average Bonchev–Trinajstić information content (AvgIpc) is 2.04. The Morgan fingerprint density at radius 1 is 1.38 bits per heavy atom. The van der Waals surface area contributed by atoms with Crippen LogP contribution in [0.5, 0.6) is 0 Å². The van der Waals surface area contributed by atoms with Crippen LogP contribution in [0, 0.1) is 0 Å². The van der Waals surface area contributed by atoms with Crippen molar-refractivity contribution in [3.05, 3.63) is 29.6 Å². The van der Waals surface area contributed by atoms with Gasteiger partial charge in [0.2, 0.25) is 5.91 Å². The Bertz CT molecular complexity index is 305. The highest BCUT2D eigenvalue weighted by molar-refractivity contribution is 6.03. The van der Waals surface area contributed by atoms with Gasteiger partial charge in [0.05, 0.1) is 11.1 Å². The number of pyridine rings is 1. The highest BCUT2D eigenvalue weighted by Gasteiger charge is 2.12. The van der Waals surface area contributed by atoms with Crippen LogP contribution in [0.1, 0.15) is 20.7 Å². The molecule has 0 fully saturated rings. The Hall–Kier alpha value is -1.95. The Kier molecular flexibility index (Phi) is 3.54. The van der Waals surface area contributed by atoms with E-state index in [0.29, 0.717) is 0 Å². The largest absolute Gasteiger partial charge is 0.478 e. The predicted molar refractivity (Wildman–Crippen MR) is 44.7 cm³/mol. The SMILES string of the molecule is N.NC(=O)c1ccncc1C(=O)O. The van der Waals surface area contributed by atoms with Gasteiger partial charge >= 0.3 is 5.97 Å². The van der Waals surface area contributed by atoms with Crippen LogP contribution in [0.25, 0.3) is 0 Å². The number of nitrogens with two attached hydrogens (primary N) is 1. The lowest BCUT2D eigenvalue weighted by Crippen LogP contribution is -2.16. The summed E-state index contributed by atoms with van der Waals surface area (Å²) >= 11 is 0. The van der Waals surface area contributed by atoms with Gasteiger partial charge in [-0.2, -0.15) is 0 Å². The van der Waals surface area contributed by atoms with Gasteiger partial charge in [-0.3, -0.25) is 9.78 Å². The monoisotopic (exact) mass is 183 g/mol. The molecule has 70 valence electrons. The van der Waals surface area contributed by atoms with Crippen LogP contribution in [-0.4, -0.2) is 22.0 Å². The van der Waals surface area contributed by atoms with Crippen LogP contribution in [0.15, 0.2) is 18.5 Å². The second-order valence-corrected chi connectivity index (χ2v) is 2.09. The van der Waals surface area contributed by atoms with Crippen molar-refractivity contribution in [1.29, 1.82) is 0 Å². The summed E-state index contributed by atoms with van der Waals surface area (Å²) in [7, 11) is 0. The maximum absolute atomic E-state index is 10.7. The highest BCUT2D eigenvalue weighted by Crippen LogP contribution is 2.04. The molecule has 6 nitrogen and oxygen atoms in total. The maximum atomic E-state index is 10.7. The Balaban J connectivity index is 0.00000144. The average molecular weight is 183 g/mol. The molecule has 1 aromatic heterocycles. The molecule has 1 aromatic rings. The number of hydrogen-bond acceptors (Lipinski definition) is 4. The Labute approximate surface area is 74.0 Å². The molecule has 0 unspecified atom stereocenters. The number of carbonyl (C=O) groups is 2. The van der Waals surface area contributed by atoms with Gasteiger partial charge in [0.1, 0.15) is 0 Å². The number of aromatic carboxylic acids is 1. The van der Waals surface area contributed by atoms with Crippen LogP contribution in [0.3, 0.4) is 0 Å². The zero-order valence-electron chi connectivity index (χ0n) is 6.73. The molecule has 0 spiro atoms. The van der Waals surface area contributed by atoms with E-state index in [0.717, 1.165) is 6.20 Å². The van der Waals surface area contributed by atoms with Crippen molar-refractivity contribution in [3.8, 4) is 0 Å². The van der Waals surface area contributed by atoms with Crippen molar-refractivity contribution < 1.29 is 14.7 Å². The number of hydrogen-bond donors (Lipinski definition) is 3. The van der Waals surface area contributed by atoms with Gasteiger partial charge in [0, 0.05) is 12.4 Å². The molecule has 1 amide bonds. The van der Waals surface area contributed by atoms with E-state index in [2.05, 4.69) is 4.98 Å². The van der Waals surface area contributed by atoms with Crippen molar-refractivity contribution in [1.82, 2.24) is 11.1 Å². The third-order valence-electron chi connectivity index (χ3n) is 1.32. The fourth-order valence-corrected chi connectivity index (χ4v) is 0.780. The van der Waals surface area contributed by atoms with Crippen molar-refractivity contribution >= 4 is 11.9 Å². The van der Waals surface area contributed by atoms with Gasteiger partial charge in [0.15, 0.2) is 0 Å². The summed E-state index contributed by atoms with van der Waals surface area (Å²) in [5.41, 5.74) is 4.72. The van der Waals surface area contributed by atoms with E-state index in [4.69, 9.17) is 10.8 Å². The summed E-state index contributed by atoms with van der Waals surface area (Å²) in [5, 5.41) is 8.57. The smallest absolute Gasteiger partial charge is 0.338 e. The van der Waals surface area contributed by atoms with E-state index in [1.54, 1.807) is 0 Å². The van der Waals surface area contributed by atoms with Crippen molar-refractivity contribution in [2.75, 3.05) is 0 Å². The van der Waals surface area contributed by atoms with Gasteiger partial charge in [-0.25, -0.2) is 4.79 Å². The summed E-state index contributed by atoms with van der Waals surface area (Å²) in [6, 6.07) is 1.27. The number of primary amides is 1. The highest BCUT2D eigenvalue weighted by atomic mass is 16.4. The lowest BCUT2D eigenvalue weighted by atomic mass is 10.1. The van der Waals surface area contributed by atoms with E-state index in [1.165, 1.54) is 12.3 Å². The second kappa shape index (κ2) is 4.17. The molecule has 1 heterocycles. The zero-order chi connectivity index (χ0) is 9.14. The molecule has 0 radical (unpaired) electrons. The van der Waals surface area contributed by atoms with Gasteiger partial charge < -0.3 is 17.0 Å². The number of nitrogens with zero attached hydrogens (tertiary/aromatic N) is 1. The number of carboxylic acids is 1. The first-order valence-electron chi connectivity index (χ1n) is 3.10. The van der Waals surface area contributed by atoms with E-state index in [1.807, 2.05) is 0 Å². The molecule has 0 bridgehead atoms. The first-order chi connectivity index (χ1) is 5.63. The van der Waals surface area contributed by atoms with Crippen LogP contribution in [0.4, 0.5) is 0 Å². The van der Waals surface area contributed by atoms with Crippen molar-refractivity contribution in [3.63, 3.8) is 0 Å². The first-order valence-corrected chi connectivity index (χ1v) is 3.10. The standard InChI is InChI=1S/C7H6N2O3.H3N/c8-6(10)4-1-2-9-3-5(4)7(11)12;/h1-3H,(H2,8,10)(H,11,12);1H3. The van der Waals surface area contributed by atoms with Gasteiger partial charge in [-0.05, 0) is 6.07 Å². The summed E-state index contributed by atoms with van der Waals surface area (Å²) in [6.45, 7) is 0. The topological polar surface area (TPSA) is 128 Å². The molecule has 6 N–H and O–H groups in total. The molecule has 0 saturated carbocycles. The quantitative estimate of drug-likeness (QED) is 0.596. The molecule has 0 atom stereocenters. The number of rotatable bonds is 2. The zero-order valence-corrected chi connectivity index (χ0v) is 6.73. The minimum atomic E-state index is -1.21. The number of carbonyl (C=O) groups excluding carboxylic acids is 1. The van der Waals surface area contributed by atoms with Crippen LogP contribution in [0.2, 0.25) is 0 Å². The van der Waals surface area contributed by atoms with E-state index in [9.17, 15) is 9.59 Å². The lowest BCUT2D eigenvalue weighted by Gasteiger charge is -1.98. The Morgan fingerprint density at radius 2 is 2.00 bits per heavy atom. The minimum Gasteiger partial charge on any atom is -0.478 e. The van der Waals surface area contributed by atoms with Gasteiger partial charge in [-0.15, -0.1) is 0 Å². The number of amides is 1. The molecule has 13 heavy (non-hydrogen) atoms. The van der Waals surface area contributed by atoms with E-state index in [-0.39, 0.29) is 17.3 Å². The predicted octanol–water partition coefficient (Wildman–Crippen LogP) is 0.0407. The molecule has 6 heteroatoms. The van der Waals surface area contributed by atoms with Crippen LogP contribution >= 0.6 is 0 Å². The summed E-state index contributed by atoms with van der Waals surface area (Å²) in [4.78, 5) is 24.7. The molecule has 0 saturated heterocycles. The molecular formula is C7H9N3O3. The Morgan fingerprint density at radius 3 is 2.38 bits per heavy atom. The molecule has 1 rings (SSSR count). The molecule has 0 aliphatic carbocycles. The number of carboxylic acid groups (broad SMARTS) is 1. The van der Waals surface area contributed by atoms with E-state index < -0.39 is 11.9 Å². The summed E-state index contributed by atoms with van der Waals surface area (Å²) < 4.78 is 0. The fourth-order valence-electron chi connectivity index (χ4n) is 0.780. The lowest BCUT2D eigenvalue weighted by molar-refractivity contribution is 0.0691. The fraction of sp³-hybridized carbons (Fsp3) is 0.